The second kappa shape index (κ2) is 9.51. The lowest BCUT2D eigenvalue weighted by atomic mass is 9.81. The van der Waals surface area contributed by atoms with Gasteiger partial charge in [0.15, 0.2) is 5.76 Å². The first-order valence-electron chi connectivity index (χ1n) is 11.8. The molecule has 0 aromatic carbocycles. The van der Waals surface area contributed by atoms with Crippen molar-refractivity contribution in [3.05, 3.63) is 17.4 Å². The molecule has 0 bridgehead atoms. The summed E-state index contributed by atoms with van der Waals surface area (Å²) < 4.78 is 6.00. The molecule has 1 N–H and O–H groups in total. The van der Waals surface area contributed by atoms with E-state index >= 15 is 0 Å². The molecule has 0 spiro atoms. The van der Waals surface area contributed by atoms with Crippen LogP contribution in [0.1, 0.15) is 102 Å². The zero-order valence-electron chi connectivity index (χ0n) is 19.7. The Hall–Kier alpha value is -2.22. The van der Waals surface area contributed by atoms with Crippen LogP contribution in [0.3, 0.4) is 0 Å². The van der Waals surface area contributed by atoms with Gasteiger partial charge in [-0.15, -0.1) is 0 Å². The van der Waals surface area contributed by atoms with E-state index in [-0.39, 0.29) is 34.7 Å². The van der Waals surface area contributed by atoms with E-state index in [0.717, 1.165) is 51.4 Å². The molecule has 2 aliphatic carbocycles. The van der Waals surface area contributed by atoms with Crippen LogP contribution >= 0.6 is 0 Å². The molecule has 3 rings (SSSR count). The van der Waals surface area contributed by atoms with Crippen LogP contribution in [0.15, 0.2) is 10.5 Å². The number of amides is 1. The zero-order chi connectivity index (χ0) is 22.8. The number of aromatic carboxylic acids is 1. The number of carbonyl (C=O) groups is 2. The minimum Gasteiger partial charge on any atom is -0.477 e. The Balaban J connectivity index is 1.99. The lowest BCUT2D eigenvalue weighted by Crippen LogP contribution is -2.46. The van der Waals surface area contributed by atoms with Crippen LogP contribution in [-0.4, -0.2) is 23.0 Å². The van der Waals surface area contributed by atoms with E-state index in [4.69, 9.17) is 4.42 Å². The summed E-state index contributed by atoms with van der Waals surface area (Å²) in [7, 11) is 0. The van der Waals surface area contributed by atoms with E-state index in [1.54, 1.807) is 4.90 Å². The predicted molar refractivity (Wildman–Crippen MR) is 122 cm³/mol. The highest BCUT2D eigenvalue weighted by molar-refractivity contribution is 6.01. The van der Waals surface area contributed by atoms with E-state index in [2.05, 4.69) is 25.7 Å². The normalized spacial score (nSPS) is 26.6. The summed E-state index contributed by atoms with van der Waals surface area (Å²) >= 11 is 0. The molecule has 2 saturated carbocycles. The SMILES string of the molecule is CC1CCC(C(=O)N(c2oc(C#CC(C)(C)C)cc2C(=O)O)C2CCC(C)CC2)CC1. The van der Waals surface area contributed by atoms with Crippen molar-refractivity contribution in [1.82, 2.24) is 0 Å². The topological polar surface area (TPSA) is 70.8 Å². The van der Waals surface area contributed by atoms with Gasteiger partial charge in [-0.25, -0.2) is 4.79 Å². The lowest BCUT2D eigenvalue weighted by Gasteiger charge is -2.38. The molecule has 1 heterocycles. The van der Waals surface area contributed by atoms with E-state index in [1.807, 2.05) is 20.8 Å². The van der Waals surface area contributed by atoms with Gasteiger partial charge in [0.25, 0.3) is 0 Å². The largest absolute Gasteiger partial charge is 0.477 e. The molecule has 0 radical (unpaired) electrons. The summed E-state index contributed by atoms with van der Waals surface area (Å²) in [6.07, 6.45) is 7.62. The lowest BCUT2D eigenvalue weighted by molar-refractivity contribution is -0.124. The molecular formula is C26H37NO4. The van der Waals surface area contributed by atoms with Crippen molar-refractivity contribution in [1.29, 1.82) is 0 Å². The first-order valence-corrected chi connectivity index (χ1v) is 11.8. The molecule has 2 fully saturated rings. The summed E-state index contributed by atoms with van der Waals surface area (Å²) in [4.78, 5) is 27.5. The first kappa shape index (κ1) is 23.4. The Morgan fingerprint density at radius 2 is 1.55 bits per heavy atom. The number of carboxylic acid groups (broad SMARTS) is 1. The van der Waals surface area contributed by atoms with Crippen molar-refractivity contribution in [2.75, 3.05) is 4.90 Å². The van der Waals surface area contributed by atoms with E-state index in [1.165, 1.54) is 6.07 Å². The van der Waals surface area contributed by atoms with Gasteiger partial charge in [0.05, 0.1) is 0 Å². The van der Waals surface area contributed by atoms with Crippen LogP contribution in [0, 0.1) is 35.0 Å². The number of carbonyl (C=O) groups excluding carboxylic acids is 1. The molecule has 5 heteroatoms. The van der Waals surface area contributed by atoms with Crippen molar-refractivity contribution < 1.29 is 19.1 Å². The van der Waals surface area contributed by atoms with Gasteiger partial charge in [-0.1, -0.05) is 19.8 Å². The quantitative estimate of drug-likeness (QED) is 0.588. The maximum absolute atomic E-state index is 13.7. The van der Waals surface area contributed by atoms with Crippen molar-refractivity contribution >= 4 is 17.8 Å². The Morgan fingerprint density at radius 3 is 2.06 bits per heavy atom. The molecule has 31 heavy (non-hydrogen) atoms. The van der Waals surface area contributed by atoms with Crippen molar-refractivity contribution in [2.45, 2.75) is 92.0 Å². The minimum absolute atomic E-state index is 0.0178. The number of hydrogen-bond donors (Lipinski definition) is 1. The Kier molecular flexibility index (Phi) is 7.19. The van der Waals surface area contributed by atoms with Gasteiger partial charge in [0.2, 0.25) is 11.8 Å². The number of nitrogens with zero attached hydrogens (tertiary/aromatic N) is 1. The molecule has 5 nitrogen and oxygen atoms in total. The van der Waals surface area contributed by atoms with Gasteiger partial charge in [0, 0.05) is 23.4 Å². The molecular weight excluding hydrogens is 390 g/mol. The van der Waals surface area contributed by atoms with Crippen LogP contribution in [0.4, 0.5) is 5.88 Å². The average molecular weight is 428 g/mol. The van der Waals surface area contributed by atoms with Crippen LogP contribution in [0.25, 0.3) is 0 Å². The third kappa shape index (κ3) is 5.93. The van der Waals surface area contributed by atoms with Gasteiger partial charge >= 0.3 is 5.97 Å². The highest BCUT2D eigenvalue weighted by atomic mass is 16.4. The molecule has 0 unspecified atom stereocenters. The van der Waals surface area contributed by atoms with Crippen LogP contribution in [-0.2, 0) is 4.79 Å². The van der Waals surface area contributed by atoms with Crippen LogP contribution in [0.2, 0.25) is 0 Å². The Bertz CT molecular complexity index is 850. The van der Waals surface area contributed by atoms with Crippen LogP contribution in [0.5, 0.6) is 0 Å². The highest BCUT2D eigenvalue weighted by Crippen LogP contribution is 2.37. The second-order valence-electron chi connectivity index (χ2n) is 10.7. The zero-order valence-corrected chi connectivity index (χ0v) is 19.7. The third-order valence-electron chi connectivity index (χ3n) is 6.68. The summed E-state index contributed by atoms with van der Waals surface area (Å²) in [6.45, 7) is 10.4. The molecule has 170 valence electrons. The Morgan fingerprint density at radius 1 is 1.00 bits per heavy atom. The fraction of sp³-hybridized carbons (Fsp3) is 0.692. The summed E-state index contributed by atoms with van der Waals surface area (Å²) in [5.41, 5.74) is -0.196. The molecule has 1 amide bonds. The highest BCUT2D eigenvalue weighted by Gasteiger charge is 2.38. The fourth-order valence-corrected chi connectivity index (χ4v) is 4.67. The van der Waals surface area contributed by atoms with Crippen molar-refractivity contribution in [3.8, 4) is 11.8 Å². The van der Waals surface area contributed by atoms with Crippen molar-refractivity contribution in [2.24, 2.45) is 23.2 Å². The van der Waals surface area contributed by atoms with Crippen LogP contribution < -0.4 is 4.90 Å². The monoisotopic (exact) mass is 427 g/mol. The molecule has 1 aromatic rings. The summed E-state index contributed by atoms with van der Waals surface area (Å²) in [5.74, 6) is 6.71. The number of hydrogen-bond acceptors (Lipinski definition) is 3. The Labute approximate surface area is 186 Å². The summed E-state index contributed by atoms with van der Waals surface area (Å²) in [6, 6.07) is 1.46. The smallest absolute Gasteiger partial charge is 0.341 e. The molecule has 0 aliphatic heterocycles. The summed E-state index contributed by atoms with van der Waals surface area (Å²) in [5, 5.41) is 9.88. The second-order valence-corrected chi connectivity index (χ2v) is 10.7. The number of furan rings is 1. The number of rotatable bonds is 4. The average Bonchev–Trinajstić information content (AvgIpc) is 3.12. The van der Waals surface area contributed by atoms with E-state index < -0.39 is 5.97 Å². The minimum atomic E-state index is -1.08. The third-order valence-corrected chi connectivity index (χ3v) is 6.68. The maximum Gasteiger partial charge on any atom is 0.341 e. The van der Waals surface area contributed by atoms with Gasteiger partial charge in [-0.2, -0.15) is 0 Å². The van der Waals surface area contributed by atoms with E-state index in [0.29, 0.717) is 17.6 Å². The molecule has 0 atom stereocenters. The van der Waals surface area contributed by atoms with Gasteiger partial charge in [-0.3, -0.25) is 9.69 Å². The first-order chi connectivity index (χ1) is 14.5. The molecule has 2 aliphatic rings. The van der Waals surface area contributed by atoms with Gasteiger partial charge in [0.1, 0.15) is 5.56 Å². The molecule has 1 aromatic heterocycles. The number of carboxylic acids is 1. The van der Waals surface area contributed by atoms with Gasteiger partial charge < -0.3 is 9.52 Å². The predicted octanol–water partition coefficient (Wildman–Crippen LogP) is 6.11. The molecule has 0 saturated heterocycles. The standard InChI is InChI=1S/C26H37NO4/c1-17-6-10-19(11-7-17)23(28)27(20-12-8-18(2)9-13-20)24-22(25(29)30)16-21(31-24)14-15-26(3,4)5/h16-20H,6-13H2,1-5H3,(H,29,30). The van der Waals surface area contributed by atoms with E-state index in [9.17, 15) is 14.7 Å². The van der Waals surface area contributed by atoms with Crippen molar-refractivity contribution in [3.63, 3.8) is 0 Å². The number of anilines is 1. The fourth-order valence-electron chi connectivity index (χ4n) is 4.67. The van der Waals surface area contributed by atoms with Gasteiger partial charge in [-0.05, 0) is 89.9 Å². The maximum atomic E-state index is 13.7.